The minimum absolute atomic E-state index is 0.0756. The van der Waals surface area contributed by atoms with Gasteiger partial charge < -0.3 is 5.11 Å². The maximum Gasteiger partial charge on any atom is 0.337 e. The summed E-state index contributed by atoms with van der Waals surface area (Å²) in [6.45, 7) is 0. The molecule has 5 nitrogen and oxygen atoms in total. The number of alkyl halides is 2. The Labute approximate surface area is 159 Å². The zero-order valence-corrected chi connectivity index (χ0v) is 16.1. The third kappa shape index (κ3) is 2.07. The summed E-state index contributed by atoms with van der Waals surface area (Å²) < 4.78 is 0. The molecule has 2 amide bonds. The number of imide groups is 1. The lowest BCUT2D eigenvalue weighted by Gasteiger charge is -2.28. The molecule has 1 aromatic carbocycles. The summed E-state index contributed by atoms with van der Waals surface area (Å²) in [5.41, 5.74) is 0.157. The smallest absolute Gasteiger partial charge is 0.337 e. The van der Waals surface area contributed by atoms with E-state index >= 15 is 0 Å². The van der Waals surface area contributed by atoms with Gasteiger partial charge in [0.05, 0.1) is 28.1 Å². The fourth-order valence-electron chi connectivity index (χ4n) is 4.42. The highest BCUT2D eigenvalue weighted by Crippen LogP contribution is 2.60. The molecule has 126 valence electrons. The van der Waals surface area contributed by atoms with Crippen LogP contribution in [-0.2, 0) is 9.59 Å². The molecule has 1 heterocycles. The number of carboxylic acids is 1. The molecule has 0 radical (unpaired) electrons. The van der Waals surface area contributed by atoms with Crippen LogP contribution in [0, 0.1) is 23.7 Å². The lowest BCUT2D eigenvalue weighted by molar-refractivity contribution is -0.123. The van der Waals surface area contributed by atoms with E-state index in [1.807, 2.05) is 0 Å². The maximum absolute atomic E-state index is 12.9. The molecule has 2 aliphatic carbocycles. The normalized spacial score (nSPS) is 37.2. The number of carbonyl (C=O) groups is 3. The highest BCUT2D eigenvalue weighted by molar-refractivity contribution is 9.12. The van der Waals surface area contributed by atoms with Crippen LogP contribution in [-0.4, -0.2) is 32.5 Å². The molecular formula is C16H12Br2ClNO4. The highest BCUT2D eigenvalue weighted by Gasteiger charge is 2.66. The molecule has 8 heteroatoms. The predicted molar refractivity (Wildman–Crippen MR) is 94.9 cm³/mol. The Kier molecular flexibility index (Phi) is 3.82. The minimum Gasteiger partial charge on any atom is -0.478 e. The fraction of sp³-hybridized carbons (Fsp3) is 0.438. The summed E-state index contributed by atoms with van der Waals surface area (Å²) in [5.74, 6) is -2.08. The van der Waals surface area contributed by atoms with Gasteiger partial charge in [0.25, 0.3) is 0 Å². The molecule has 0 unspecified atom stereocenters. The third-order valence-electron chi connectivity index (χ3n) is 5.43. The zero-order chi connectivity index (χ0) is 17.3. The average Bonchev–Trinajstić information content (AvgIpc) is 3.13. The van der Waals surface area contributed by atoms with Gasteiger partial charge in [-0.3, -0.25) is 14.5 Å². The zero-order valence-electron chi connectivity index (χ0n) is 12.2. The number of hydrogen-bond acceptors (Lipinski definition) is 3. The van der Waals surface area contributed by atoms with E-state index in [-0.39, 0.29) is 61.4 Å². The lowest BCUT2D eigenvalue weighted by atomic mass is 9.81. The molecule has 1 aliphatic heterocycles. The Bertz CT molecular complexity index is 753. The minimum atomic E-state index is -1.19. The van der Waals surface area contributed by atoms with E-state index < -0.39 is 5.97 Å². The second-order valence-electron chi connectivity index (χ2n) is 6.49. The van der Waals surface area contributed by atoms with Crippen LogP contribution in [0.15, 0.2) is 18.2 Å². The van der Waals surface area contributed by atoms with Crippen LogP contribution in [0.4, 0.5) is 5.69 Å². The number of aromatic carboxylic acids is 1. The first kappa shape index (κ1) is 16.5. The van der Waals surface area contributed by atoms with Crippen LogP contribution in [0.25, 0.3) is 0 Å². The molecule has 2 saturated carbocycles. The van der Waals surface area contributed by atoms with Crippen molar-refractivity contribution in [3.8, 4) is 0 Å². The number of carboxylic acid groups (broad SMARTS) is 1. The van der Waals surface area contributed by atoms with E-state index in [9.17, 15) is 19.5 Å². The van der Waals surface area contributed by atoms with Gasteiger partial charge in [-0.05, 0) is 36.5 Å². The molecule has 1 saturated heterocycles. The van der Waals surface area contributed by atoms with Crippen LogP contribution in [0.2, 0.25) is 5.02 Å². The molecule has 6 atom stereocenters. The van der Waals surface area contributed by atoms with E-state index in [2.05, 4.69) is 31.9 Å². The SMILES string of the molecule is O=C(O)c1cc(N2C(=O)[C@@H]3[C@H]4C[C@@H]([C@H](Br)[C@@H]4Br)[C@@H]3C2=O)ccc1Cl. The monoisotopic (exact) mass is 475 g/mol. The number of benzene rings is 1. The number of carbonyl (C=O) groups excluding carboxylic acids is 2. The summed E-state index contributed by atoms with van der Waals surface area (Å²) in [6.07, 6.45) is 0.855. The topological polar surface area (TPSA) is 74.7 Å². The van der Waals surface area contributed by atoms with Gasteiger partial charge in [-0.15, -0.1) is 0 Å². The maximum atomic E-state index is 12.9. The Morgan fingerprint density at radius 3 is 2.17 bits per heavy atom. The number of amides is 2. The Hall–Kier alpha value is -0.920. The van der Waals surface area contributed by atoms with Crippen molar-refractivity contribution < 1.29 is 19.5 Å². The molecule has 1 N–H and O–H groups in total. The van der Waals surface area contributed by atoms with Gasteiger partial charge in [0, 0.05) is 9.65 Å². The number of fused-ring (bicyclic) bond motifs is 5. The van der Waals surface area contributed by atoms with Crippen LogP contribution < -0.4 is 4.90 Å². The number of rotatable bonds is 2. The molecule has 0 spiro atoms. The van der Waals surface area contributed by atoms with Crippen LogP contribution in [0.5, 0.6) is 0 Å². The molecular weight excluding hydrogens is 465 g/mol. The Morgan fingerprint density at radius 2 is 1.67 bits per heavy atom. The van der Waals surface area contributed by atoms with Crippen molar-refractivity contribution >= 4 is 66.9 Å². The summed E-state index contributed by atoms with van der Waals surface area (Å²) in [6, 6.07) is 4.22. The van der Waals surface area contributed by atoms with Crippen molar-refractivity contribution in [2.45, 2.75) is 16.1 Å². The summed E-state index contributed by atoms with van der Waals surface area (Å²) in [7, 11) is 0. The largest absolute Gasteiger partial charge is 0.478 e. The fourth-order valence-corrected chi connectivity index (χ4v) is 6.49. The number of nitrogens with zero attached hydrogens (tertiary/aromatic N) is 1. The van der Waals surface area contributed by atoms with Crippen molar-refractivity contribution in [3.05, 3.63) is 28.8 Å². The predicted octanol–water partition coefficient (Wildman–Crippen LogP) is 3.32. The summed E-state index contributed by atoms with van der Waals surface area (Å²) in [4.78, 5) is 38.5. The van der Waals surface area contributed by atoms with E-state index in [0.717, 1.165) is 11.3 Å². The number of anilines is 1. The second-order valence-corrected chi connectivity index (χ2v) is 9.01. The van der Waals surface area contributed by atoms with Gasteiger partial charge in [0.2, 0.25) is 11.8 Å². The standard InChI is InChI=1S/C16H12Br2ClNO4/c17-12-7-4-8(13(12)18)11-10(7)14(21)20(15(11)22)5-1-2-9(19)6(3-5)16(23)24/h1-3,7-8,10-13H,4H2,(H,23,24)/t7-,8-,10-,11+,12-,13+/m1/s1. The van der Waals surface area contributed by atoms with Gasteiger partial charge in [0.15, 0.2) is 0 Å². The van der Waals surface area contributed by atoms with Gasteiger partial charge in [0.1, 0.15) is 0 Å². The quantitative estimate of drug-likeness (QED) is 0.524. The molecule has 24 heavy (non-hydrogen) atoms. The summed E-state index contributed by atoms with van der Waals surface area (Å²) in [5, 5.41) is 9.28. The molecule has 3 fully saturated rings. The highest BCUT2D eigenvalue weighted by atomic mass is 79.9. The number of halogens is 3. The first-order valence-corrected chi connectivity index (χ1v) is 9.72. The average molecular weight is 478 g/mol. The van der Waals surface area contributed by atoms with E-state index in [4.69, 9.17) is 11.6 Å². The first-order valence-electron chi connectivity index (χ1n) is 7.51. The van der Waals surface area contributed by atoms with Crippen LogP contribution >= 0.6 is 43.5 Å². The van der Waals surface area contributed by atoms with Crippen molar-refractivity contribution in [2.24, 2.45) is 23.7 Å². The molecule has 0 aromatic heterocycles. The molecule has 1 aromatic rings. The van der Waals surface area contributed by atoms with Gasteiger partial charge >= 0.3 is 5.97 Å². The van der Waals surface area contributed by atoms with E-state index in [0.29, 0.717) is 0 Å². The van der Waals surface area contributed by atoms with Crippen molar-refractivity contribution in [1.82, 2.24) is 0 Å². The van der Waals surface area contributed by atoms with Crippen molar-refractivity contribution in [2.75, 3.05) is 4.90 Å². The Morgan fingerprint density at radius 1 is 1.12 bits per heavy atom. The Balaban J connectivity index is 1.74. The second kappa shape index (κ2) is 5.54. The van der Waals surface area contributed by atoms with Gasteiger partial charge in [-0.2, -0.15) is 0 Å². The lowest BCUT2D eigenvalue weighted by Crippen LogP contribution is -2.37. The van der Waals surface area contributed by atoms with Crippen molar-refractivity contribution in [1.29, 1.82) is 0 Å². The number of hydrogen-bond donors (Lipinski definition) is 1. The van der Waals surface area contributed by atoms with Crippen molar-refractivity contribution in [3.63, 3.8) is 0 Å². The van der Waals surface area contributed by atoms with Gasteiger partial charge in [-0.1, -0.05) is 43.5 Å². The third-order valence-corrected chi connectivity index (χ3v) is 8.96. The summed E-state index contributed by atoms with van der Waals surface area (Å²) >= 11 is 13.2. The molecule has 3 aliphatic rings. The van der Waals surface area contributed by atoms with E-state index in [1.165, 1.54) is 18.2 Å². The van der Waals surface area contributed by atoms with E-state index in [1.54, 1.807) is 0 Å². The van der Waals surface area contributed by atoms with Gasteiger partial charge in [-0.25, -0.2) is 4.79 Å². The molecule has 4 rings (SSSR count). The van der Waals surface area contributed by atoms with Crippen LogP contribution in [0.1, 0.15) is 16.8 Å². The first-order chi connectivity index (χ1) is 11.3. The molecule has 2 bridgehead atoms. The van der Waals surface area contributed by atoms with Crippen LogP contribution in [0.3, 0.4) is 0 Å².